The average Bonchev–Trinajstić information content (AvgIpc) is 2.30. The smallest absolute Gasteiger partial charge is 0.151 e. The van der Waals surface area contributed by atoms with Crippen LogP contribution in [0.1, 0.15) is 30.3 Å². The zero-order chi connectivity index (χ0) is 10.7. The van der Waals surface area contributed by atoms with Crippen molar-refractivity contribution in [3.05, 3.63) is 11.5 Å². The van der Waals surface area contributed by atoms with E-state index in [1.165, 1.54) is 0 Å². The number of aromatic nitrogens is 3. The molecule has 2 rings (SSSR count). The van der Waals surface area contributed by atoms with Crippen molar-refractivity contribution in [3.63, 3.8) is 0 Å². The van der Waals surface area contributed by atoms with Crippen LogP contribution in [0.25, 0.3) is 0 Å². The second-order valence-corrected chi connectivity index (χ2v) is 3.73. The summed E-state index contributed by atoms with van der Waals surface area (Å²) >= 11 is 0. The standard InChI is InChI=1S/C10H16N4O/c1-7-12-10(11-2)9(14-13-7)8-3-5-15-6-4-8/h8H,3-6H2,1-2H3,(H,11,12,13). The van der Waals surface area contributed by atoms with Crippen molar-refractivity contribution < 1.29 is 4.74 Å². The van der Waals surface area contributed by atoms with E-state index in [0.717, 1.165) is 37.6 Å². The molecule has 0 atom stereocenters. The van der Waals surface area contributed by atoms with Crippen molar-refractivity contribution in [3.8, 4) is 0 Å². The van der Waals surface area contributed by atoms with Crippen molar-refractivity contribution in [2.75, 3.05) is 25.6 Å². The summed E-state index contributed by atoms with van der Waals surface area (Å²) in [6.45, 7) is 3.47. The molecule has 0 saturated carbocycles. The van der Waals surface area contributed by atoms with Crippen LogP contribution in [-0.4, -0.2) is 35.4 Å². The number of aryl methyl sites for hydroxylation is 1. The van der Waals surface area contributed by atoms with E-state index in [2.05, 4.69) is 20.5 Å². The highest BCUT2D eigenvalue weighted by atomic mass is 16.5. The van der Waals surface area contributed by atoms with Crippen molar-refractivity contribution in [1.82, 2.24) is 15.2 Å². The van der Waals surface area contributed by atoms with Gasteiger partial charge in [0.05, 0.1) is 0 Å². The van der Waals surface area contributed by atoms with Crippen molar-refractivity contribution >= 4 is 5.82 Å². The van der Waals surface area contributed by atoms with Gasteiger partial charge in [0.15, 0.2) is 5.82 Å². The Balaban J connectivity index is 2.25. The number of hydrogen-bond acceptors (Lipinski definition) is 5. The molecule has 0 aliphatic carbocycles. The first-order valence-corrected chi connectivity index (χ1v) is 5.28. The highest BCUT2D eigenvalue weighted by Crippen LogP contribution is 2.28. The highest BCUT2D eigenvalue weighted by Gasteiger charge is 2.21. The van der Waals surface area contributed by atoms with E-state index in [9.17, 15) is 0 Å². The molecule has 1 N–H and O–H groups in total. The Kier molecular flexibility index (Phi) is 3.11. The Bertz CT molecular complexity index is 336. The zero-order valence-electron chi connectivity index (χ0n) is 9.16. The molecule has 15 heavy (non-hydrogen) atoms. The fourth-order valence-electron chi connectivity index (χ4n) is 1.85. The molecular weight excluding hydrogens is 192 g/mol. The normalized spacial score (nSPS) is 17.7. The van der Waals surface area contributed by atoms with Crippen LogP contribution < -0.4 is 5.32 Å². The maximum absolute atomic E-state index is 5.33. The summed E-state index contributed by atoms with van der Waals surface area (Å²) < 4.78 is 5.33. The number of nitrogens with zero attached hydrogens (tertiary/aromatic N) is 3. The molecule has 1 aliphatic heterocycles. The molecule has 0 unspecified atom stereocenters. The van der Waals surface area contributed by atoms with Gasteiger partial charge in [-0.15, -0.1) is 10.2 Å². The lowest BCUT2D eigenvalue weighted by molar-refractivity contribution is 0.0844. The Morgan fingerprint density at radius 1 is 1.27 bits per heavy atom. The summed E-state index contributed by atoms with van der Waals surface area (Å²) in [7, 11) is 1.87. The fourth-order valence-corrected chi connectivity index (χ4v) is 1.85. The minimum absolute atomic E-state index is 0.432. The third-order valence-corrected chi connectivity index (χ3v) is 2.66. The Morgan fingerprint density at radius 3 is 2.67 bits per heavy atom. The summed E-state index contributed by atoms with van der Waals surface area (Å²) in [4.78, 5) is 4.34. The first-order chi connectivity index (χ1) is 7.31. The largest absolute Gasteiger partial charge is 0.381 e. The molecule has 2 heterocycles. The number of hydrogen-bond donors (Lipinski definition) is 1. The van der Waals surface area contributed by atoms with Crippen LogP contribution in [-0.2, 0) is 4.74 Å². The Labute approximate surface area is 89.3 Å². The predicted molar refractivity (Wildman–Crippen MR) is 56.9 cm³/mol. The Morgan fingerprint density at radius 2 is 2.00 bits per heavy atom. The molecule has 1 fully saturated rings. The molecule has 0 bridgehead atoms. The van der Waals surface area contributed by atoms with Crippen molar-refractivity contribution in [2.45, 2.75) is 25.7 Å². The third kappa shape index (κ3) is 2.23. The lowest BCUT2D eigenvalue weighted by atomic mass is 9.96. The van der Waals surface area contributed by atoms with Crippen LogP contribution >= 0.6 is 0 Å². The van der Waals surface area contributed by atoms with Gasteiger partial charge in [0.25, 0.3) is 0 Å². The van der Waals surface area contributed by atoms with Gasteiger partial charge in [-0.2, -0.15) is 0 Å². The van der Waals surface area contributed by atoms with E-state index in [1.54, 1.807) is 0 Å². The zero-order valence-corrected chi connectivity index (χ0v) is 9.16. The summed E-state index contributed by atoms with van der Waals surface area (Å²) in [6, 6.07) is 0. The van der Waals surface area contributed by atoms with Crippen LogP contribution in [0.5, 0.6) is 0 Å². The molecule has 1 saturated heterocycles. The third-order valence-electron chi connectivity index (χ3n) is 2.66. The summed E-state index contributed by atoms with van der Waals surface area (Å²) in [6.07, 6.45) is 2.02. The second kappa shape index (κ2) is 4.53. The topological polar surface area (TPSA) is 59.9 Å². The lowest BCUT2D eigenvalue weighted by Gasteiger charge is -2.22. The van der Waals surface area contributed by atoms with E-state index < -0.39 is 0 Å². The monoisotopic (exact) mass is 208 g/mol. The van der Waals surface area contributed by atoms with E-state index in [4.69, 9.17) is 4.74 Å². The molecule has 5 heteroatoms. The van der Waals surface area contributed by atoms with Crippen molar-refractivity contribution in [1.29, 1.82) is 0 Å². The van der Waals surface area contributed by atoms with Crippen LogP contribution in [0, 0.1) is 6.92 Å². The molecule has 0 radical (unpaired) electrons. The number of rotatable bonds is 2. The molecule has 0 aromatic carbocycles. The van der Waals surface area contributed by atoms with E-state index >= 15 is 0 Å². The second-order valence-electron chi connectivity index (χ2n) is 3.73. The van der Waals surface area contributed by atoms with Gasteiger partial charge in [0.1, 0.15) is 11.5 Å². The van der Waals surface area contributed by atoms with Gasteiger partial charge < -0.3 is 10.1 Å². The maximum Gasteiger partial charge on any atom is 0.151 e. The molecule has 0 spiro atoms. The first kappa shape index (κ1) is 10.3. The fraction of sp³-hybridized carbons (Fsp3) is 0.700. The van der Waals surface area contributed by atoms with Gasteiger partial charge in [-0.05, 0) is 19.8 Å². The predicted octanol–water partition coefficient (Wildman–Crippen LogP) is 1.12. The molecule has 1 aliphatic rings. The molecular formula is C10H16N4O. The van der Waals surface area contributed by atoms with Gasteiger partial charge in [0, 0.05) is 26.2 Å². The van der Waals surface area contributed by atoms with Crippen LogP contribution in [0.15, 0.2) is 0 Å². The minimum Gasteiger partial charge on any atom is -0.381 e. The summed E-state index contributed by atoms with van der Waals surface area (Å²) in [5.74, 6) is 1.99. The first-order valence-electron chi connectivity index (χ1n) is 5.28. The quantitative estimate of drug-likeness (QED) is 0.789. The van der Waals surface area contributed by atoms with Gasteiger partial charge in [-0.3, -0.25) is 0 Å². The SMILES string of the molecule is CNc1nc(C)nnc1C1CCOCC1. The maximum atomic E-state index is 5.33. The van der Waals surface area contributed by atoms with Gasteiger partial charge >= 0.3 is 0 Å². The van der Waals surface area contributed by atoms with Crippen molar-refractivity contribution in [2.24, 2.45) is 0 Å². The number of anilines is 1. The highest BCUT2D eigenvalue weighted by molar-refractivity contribution is 5.40. The molecule has 82 valence electrons. The van der Waals surface area contributed by atoms with Crippen LogP contribution in [0.3, 0.4) is 0 Å². The van der Waals surface area contributed by atoms with E-state index in [-0.39, 0.29) is 0 Å². The summed E-state index contributed by atoms with van der Waals surface area (Å²) in [5.41, 5.74) is 0.978. The van der Waals surface area contributed by atoms with Gasteiger partial charge in [-0.1, -0.05) is 0 Å². The summed E-state index contributed by atoms with van der Waals surface area (Å²) in [5, 5.41) is 11.3. The molecule has 1 aromatic heterocycles. The van der Waals surface area contributed by atoms with E-state index in [1.807, 2.05) is 14.0 Å². The lowest BCUT2D eigenvalue weighted by Crippen LogP contribution is -2.18. The van der Waals surface area contributed by atoms with Gasteiger partial charge in [-0.25, -0.2) is 4.98 Å². The minimum atomic E-state index is 0.432. The molecule has 5 nitrogen and oxygen atoms in total. The number of ether oxygens (including phenoxy) is 1. The average molecular weight is 208 g/mol. The molecule has 0 amide bonds. The van der Waals surface area contributed by atoms with Crippen LogP contribution in [0.2, 0.25) is 0 Å². The van der Waals surface area contributed by atoms with Crippen LogP contribution in [0.4, 0.5) is 5.82 Å². The van der Waals surface area contributed by atoms with E-state index in [0.29, 0.717) is 11.7 Å². The molecule has 1 aromatic rings. The Hall–Kier alpha value is -1.23. The number of nitrogens with one attached hydrogen (secondary N) is 1. The van der Waals surface area contributed by atoms with Gasteiger partial charge in [0.2, 0.25) is 0 Å².